The Morgan fingerprint density at radius 1 is 1.56 bits per heavy atom. The van der Waals surface area contributed by atoms with Crippen molar-refractivity contribution in [2.45, 2.75) is 12.2 Å². The maximum Gasteiger partial charge on any atom is 0.340 e. The molecule has 1 aromatic rings. The Kier molecular flexibility index (Phi) is 5.15. The molecule has 3 N–H and O–H groups in total. The van der Waals surface area contributed by atoms with Crippen molar-refractivity contribution in [2.75, 3.05) is 31.0 Å². The summed E-state index contributed by atoms with van der Waals surface area (Å²) in [4.78, 5) is 11.5. The molecule has 0 saturated carbocycles. The number of methoxy groups -OCH3 is 1. The number of nitrogens with two attached hydrogens (primary N) is 1. The highest BCUT2D eigenvalue weighted by atomic mass is 32.2. The highest BCUT2D eigenvalue weighted by Gasteiger charge is 2.11. The van der Waals surface area contributed by atoms with Crippen molar-refractivity contribution >= 4 is 28.1 Å². The second kappa shape index (κ2) is 6.39. The lowest BCUT2D eigenvalue weighted by Gasteiger charge is -2.12. The standard InChI is InChI=1S/C12H18N2O3S/c1-8(18(3)16)7-14-9-4-5-11(13)10(6-9)12(15)17-2/h4-6,8,14H,7,13H2,1-3H3. The van der Waals surface area contributed by atoms with Gasteiger partial charge in [-0.2, -0.15) is 0 Å². The molecule has 0 aliphatic carbocycles. The summed E-state index contributed by atoms with van der Waals surface area (Å²) in [5.74, 6) is -0.469. The van der Waals surface area contributed by atoms with Crippen LogP contribution in [0, 0.1) is 0 Å². The number of carbonyl (C=O) groups is 1. The largest absolute Gasteiger partial charge is 0.465 e. The molecule has 1 aromatic carbocycles. The van der Waals surface area contributed by atoms with E-state index in [4.69, 9.17) is 5.73 Å². The first-order chi connectivity index (χ1) is 8.45. The normalized spacial score (nSPS) is 13.7. The summed E-state index contributed by atoms with van der Waals surface area (Å²) in [5.41, 5.74) is 7.15. The average Bonchev–Trinajstić information content (AvgIpc) is 2.36. The molecular formula is C12H18N2O3S. The molecule has 0 aliphatic rings. The average molecular weight is 270 g/mol. The van der Waals surface area contributed by atoms with Gasteiger partial charge in [-0.25, -0.2) is 4.79 Å². The van der Waals surface area contributed by atoms with E-state index in [0.29, 0.717) is 17.8 Å². The molecule has 0 bridgehead atoms. The highest BCUT2D eigenvalue weighted by Crippen LogP contribution is 2.18. The number of anilines is 2. The van der Waals surface area contributed by atoms with E-state index in [2.05, 4.69) is 10.1 Å². The number of hydrogen-bond donors (Lipinski definition) is 2. The van der Waals surface area contributed by atoms with Crippen LogP contribution in [0.4, 0.5) is 11.4 Å². The zero-order valence-corrected chi connectivity index (χ0v) is 11.5. The molecule has 6 heteroatoms. The van der Waals surface area contributed by atoms with Crippen molar-refractivity contribution in [1.29, 1.82) is 0 Å². The van der Waals surface area contributed by atoms with E-state index >= 15 is 0 Å². The second-order valence-corrected chi connectivity index (χ2v) is 5.79. The van der Waals surface area contributed by atoms with E-state index in [0.717, 1.165) is 5.69 Å². The maximum absolute atomic E-state index is 11.5. The molecule has 0 aromatic heterocycles. The number of ether oxygens (including phenoxy) is 1. The van der Waals surface area contributed by atoms with Gasteiger partial charge in [0.05, 0.1) is 12.7 Å². The van der Waals surface area contributed by atoms with Gasteiger partial charge in [0, 0.05) is 40.2 Å². The molecule has 100 valence electrons. The van der Waals surface area contributed by atoms with Gasteiger partial charge in [0.1, 0.15) is 0 Å². The summed E-state index contributed by atoms with van der Waals surface area (Å²) in [6.07, 6.45) is 1.66. The molecule has 0 fully saturated rings. The van der Waals surface area contributed by atoms with Crippen LogP contribution in [0.5, 0.6) is 0 Å². The summed E-state index contributed by atoms with van der Waals surface area (Å²) in [7, 11) is 0.427. The Bertz CT molecular complexity index is 463. The third-order valence-corrected chi connectivity index (χ3v) is 3.92. The predicted octanol–water partition coefficient (Wildman–Crippen LogP) is 1.23. The Morgan fingerprint density at radius 3 is 2.78 bits per heavy atom. The fourth-order valence-electron chi connectivity index (χ4n) is 1.33. The molecule has 0 amide bonds. The van der Waals surface area contributed by atoms with Gasteiger partial charge in [0.2, 0.25) is 0 Å². The number of carbonyl (C=O) groups excluding carboxylic acids is 1. The Hall–Kier alpha value is -1.56. The third-order valence-electron chi connectivity index (χ3n) is 2.62. The molecule has 2 atom stereocenters. The summed E-state index contributed by atoms with van der Waals surface area (Å²) in [5, 5.41) is 3.15. The minimum Gasteiger partial charge on any atom is -0.465 e. The number of nitrogen functional groups attached to an aromatic ring is 1. The van der Waals surface area contributed by atoms with Gasteiger partial charge in [-0.15, -0.1) is 0 Å². The van der Waals surface area contributed by atoms with Crippen LogP contribution < -0.4 is 11.1 Å². The molecule has 1 rings (SSSR count). The second-order valence-electron chi connectivity index (χ2n) is 3.98. The molecule has 2 unspecified atom stereocenters. The van der Waals surface area contributed by atoms with Crippen LogP contribution >= 0.6 is 0 Å². The first-order valence-corrected chi connectivity index (χ1v) is 7.11. The molecule has 5 nitrogen and oxygen atoms in total. The molecule has 0 spiro atoms. The molecule has 0 heterocycles. The Labute approximate surface area is 109 Å². The lowest BCUT2D eigenvalue weighted by atomic mass is 10.1. The van der Waals surface area contributed by atoms with Gasteiger partial charge in [-0.05, 0) is 25.1 Å². The molecule has 0 radical (unpaired) electrons. The van der Waals surface area contributed by atoms with Crippen molar-refractivity contribution in [3.05, 3.63) is 23.8 Å². The highest BCUT2D eigenvalue weighted by molar-refractivity contribution is 7.84. The number of hydrogen-bond acceptors (Lipinski definition) is 5. The van der Waals surface area contributed by atoms with E-state index < -0.39 is 16.8 Å². The van der Waals surface area contributed by atoms with Crippen LogP contribution in [0.3, 0.4) is 0 Å². The number of benzene rings is 1. The van der Waals surface area contributed by atoms with Crippen molar-refractivity contribution in [3.8, 4) is 0 Å². The van der Waals surface area contributed by atoms with Crippen LogP contribution in [0.2, 0.25) is 0 Å². The Balaban J connectivity index is 2.79. The van der Waals surface area contributed by atoms with Crippen LogP contribution in [0.1, 0.15) is 17.3 Å². The van der Waals surface area contributed by atoms with Gasteiger partial charge in [-0.1, -0.05) is 0 Å². The van der Waals surface area contributed by atoms with Gasteiger partial charge >= 0.3 is 5.97 Å². The van der Waals surface area contributed by atoms with Crippen LogP contribution in [0.15, 0.2) is 18.2 Å². The molecule has 0 aliphatic heterocycles. The first kappa shape index (κ1) is 14.5. The van der Waals surface area contributed by atoms with Crippen molar-refractivity contribution < 1.29 is 13.7 Å². The number of rotatable bonds is 5. The fourth-order valence-corrected chi connectivity index (χ4v) is 1.65. The van der Waals surface area contributed by atoms with Crippen LogP contribution in [0.25, 0.3) is 0 Å². The van der Waals surface area contributed by atoms with E-state index in [9.17, 15) is 9.00 Å². The van der Waals surface area contributed by atoms with E-state index in [1.165, 1.54) is 7.11 Å². The van der Waals surface area contributed by atoms with Gasteiger partial charge in [-0.3, -0.25) is 4.21 Å². The summed E-state index contributed by atoms with van der Waals surface area (Å²) < 4.78 is 15.9. The lowest BCUT2D eigenvalue weighted by Crippen LogP contribution is -2.20. The minimum absolute atomic E-state index is 0.0316. The van der Waals surface area contributed by atoms with Crippen molar-refractivity contribution in [3.63, 3.8) is 0 Å². The number of nitrogens with one attached hydrogen (secondary N) is 1. The quantitative estimate of drug-likeness (QED) is 0.621. The topological polar surface area (TPSA) is 81.4 Å². The maximum atomic E-state index is 11.5. The SMILES string of the molecule is COC(=O)c1cc(NCC(C)S(C)=O)ccc1N. The summed E-state index contributed by atoms with van der Waals surface area (Å²) in [6.45, 7) is 2.45. The summed E-state index contributed by atoms with van der Waals surface area (Å²) >= 11 is 0. The zero-order chi connectivity index (χ0) is 13.7. The summed E-state index contributed by atoms with van der Waals surface area (Å²) in [6, 6.07) is 5.04. The van der Waals surface area contributed by atoms with Crippen molar-refractivity contribution in [2.24, 2.45) is 0 Å². The fraction of sp³-hybridized carbons (Fsp3) is 0.417. The van der Waals surface area contributed by atoms with Crippen LogP contribution in [-0.2, 0) is 15.5 Å². The molecule has 0 saturated heterocycles. The van der Waals surface area contributed by atoms with Crippen molar-refractivity contribution in [1.82, 2.24) is 0 Å². The third kappa shape index (κ3) is 3.73. The van der Waals surface area contributed by atoms with E-state index in [1.54, 1.807) is 24.5 Å². The zero-order valence-electron chi connectivity index (χ0n) is 10.7. The van der Waals surface area contributed by atoms with E-state index in [-0.39, 0.29) is 5.25 Å². The van der Waals surface area contributed by atoms with Gasteiger partial charge in [0.15, 0.2) is 0 Å². The monoisotopic (exact) mass is 270 g/mol. The molecule has 18 heavy (non-hydrogen) atoms. The predicted molar refractivity (Wildman–Crippen MR) is 74.2 cm³/mol. The Morgan fingerprint density at radius 2 is 2.22 bits per heavy atom. The van der Waals surface area contributed by atoms with Gasteiger partial charge < -0.3 is 15.8 Å². The van der Waals surface area contributed by atoms with Gasteiger partial charge in [0.25, 0.3) is 0 Å². The minimum atomic E-state index is -0.883. The molecular weight excluding hydrogens is 252 g/mol. The van der Waals surface area contributed by atoms with E-state index in [1.807, 2.05) is 6.92 Å². The smallest absolute Gasteiger partial charge is 0.340 e. The first-order valence-electron chi connectivity index (χ1n) is 5.49. The number of esters is 1. The van der Waals surface area contributed by atoms with Crippen LogP contribution in [-0.4, -0.2) is 35.3 Å². The lowest BCUT2D eigenvalue weighted by molar-refractivity contribution is 0.0602.